The second-order valence-electron chi connectivity index (χ2n) is 4.08. The highest BCUT2D eigenvalue weighted by atomic mass is 79.9. The molecule has 0 saturated heterocycles. The van der Waals surface area contributed by atoms with E-state index in [0.29, 0.717) is 26.4 Å². The van der Waals surface area contributed by atoms with Crippen LogP contribution >= 0.6 is 27.5 Å². The molecule has 0 aromatic heterocycles. The Morgan fingerprint density at radius 1 is 1.30 bits per heavy atom. The van der Waals surface area contributed by atoms with Gasteiger partial charge in [-0.3, -0.25) is 5.41 Å². The molecule has 0 heterocycles. The molecule has 0 aliphatic carbocycles. The van der Waals surface area contributed by atoms with Crippen molar-refractivity contribution in [1.82, 2.24) is 0 Å². The number of halogens is 3. The maximum atomic E-state index is 13.8. The molecular formula is C14H11BrClFN2O. The van der Waals surface area contributed by atoms with Crippen molar-refractivity contribution in [3.8, 4) is 5.75 Å². The van der Waals surface area contributed by atoms with E-state index in [-0.39, 0.29) is 12.4 Å². The van der Waals surface area contributed by atoms with Gasteiger partial charge in [-0.1, -0.05) is 23.7 Å². The molecule has 2 aromatic carbocycles. The molecular weight excluding hydrogens is 347 g/mol. The van der Waals surface area contributed by atoms with E-state index in [9.17, 15) is 4.39 Å². The van der Waals surface area contributed by atoms with Crippen molar-refractivity contribution >= 4 is 33.4 Å². The predicted molar refractivity (Wildman–Crippen MR) is 80.9 cm³/mol. The van der Waals surface area contributed by atoms with Crippen LogP contribution < -0.4 is 10.5 Å². The van der Waals surface area contributed by atoms with Crippen LogP contribution in [0.4, 0.5) is 4.39 Å². The first-order chi connectivity index (χ1) is 9.47. The Labute approximate surface area is 129 Å². The molecule has 0 fully saturated rings. The maximum Gasteiger partial charge on any atom is 0.134 e. The number of nitrogens with two attached hydrogens (primary N) is 1. The van der Waals surface area contributed by atoms with Gasteiger partial charge < -0.3 is 10.5 Å². The van der Waals surface area contributed by atoms with Gasteiger partial charge in [0.2, 0.25) is 0 Å². The fourth-order valence-electron chi connectivity index (χ4n) is 1.58. The van der Waals surface area contributed by atoms with Gasteiger partial charge in [-0.15, -0.1) is 0 Å². The first-order valence-corrected chi connectivity index (χ1v) is 6.85. The molecule has 2 aromatic rings. The van der Waals surface area contributed by atoms with E-state index in [2.05, 4.69) is 15.9 Å². The van der Waals surface area contributed by atoms with Crippen LogP contribution in [0.5, 0.6) is 5.75 Å². The van der Waals surface area contributed by atoms with Crippen molar-refractivity contribution in [2.45, 2.75) is 6.61 Å². The second kappa shape index (κ2) is 6.24. The van der Waals surface area contributed by atoms with Crippen LogP contribution in [0, 0.1) is 11.2 Å². The number of hydrogen-bond acceptors (Lipinski definition) is 2. The van der Waals surface area contributed by atoms with Crippen LogP contribution in [0.15, 0.2) is 40.9 Å². The fraction of sp³-hybridized carbons (Fsp3) is 0.0714. The van der Waals surface area contributed by atoms with Gasteiger partial charge in [0.05, 0.1) is 4.47 Å². The molecule has 3 nitrogen and oxygen atoms in total. The first-order valence-electron chi connectivity index (χ1n) is 5.68. The van der Waals surface area contributed by atoms with Crippen LogP contribution in [-0.4, -0.2) is 5.84 Å². The number of hydrogen-bond donors (Lipinski definition) is 2. The smallest absolute Gasteiger partial charge is 0.134 e. The van der Waals surface area contributed by atoms with Crippen LogP contribution in [0.25, 0.3) is 0 Å². The van der Waals surface area contributed by atoms with Crippen molar-refractivity contribution in [1.29, 1.82) is 5.41 Å². The number of rotatable bonds is 4. The maximum absolute atomic E-state index is 13.8. The SMILES string of the molecule is N=C(N)c1ccc(COc2ccc(Cl)cc2Br)c(F)c1. The number of amidine groups is 1. The van der Waals surface area contributed by atoms with Crippen LogP contribution in [-0.2, 0) is 6.61 Å². The summed E-state index contributed by atoms with van der Waals surface area (Å²) in [4.78, 5) is 0. The molecule has 0 aliphatic rings. The molecule has 104 valence electrons. The third kappa shape index (κ3) is 3.49. The molecule has 0 atom stereocenters. The lowest BCUT2D eigenvalue weighted by Gasteiger charge is -2.10. The van der Waals surface area contributed by atoms with Crippen molar-refractivity contribution in [3.05, 3.63) is 62.8 Å². The number of ether oxygens (including phenoxy) is 1. The Morgan fingerprint density at radius 2 is 2.05 bits per heavy atom. The molecule has 0 saturated carbocycles. The van der Waals surface area contributed by atoms with Crippen molar-refractivity contribution in [3.63, 3.8) is 0 Å². The van der Waals surface area contributed by atoms with Crippen molar-refractivity contribution < 1.29 is 9.13 Å². The van der Waals surface area contributed by atoms with Crippen LogP contribution in [0.2, 0.25) is 5.02 Å². The molecule has 2 rings (SSSR count). The van der Waals surface area contributed by atoms with Gasteiger partial charge in [-0.2, -0.15) is 0 Å². The highest BCUT2D eigenvalue weighted by molar-refractivity contribution is 9.10. The number of benzene rings is 2. The van der Waals surface area contributed by atoms with E-state index in [0.717, 1.165) is 0 Å². The third-order valence-electron chi connectivity index (χ3n) is 2.64. The summed E-state index contributed by atoms with van der Waals surface area (Å²) in [5, 5.41) is 7.83. The van der Waals surface area contributed by atoms with E-state index in [1.165, 1.54) is 6.07 Å². The number of nitrogen functional groups attached to an aromatic ring is 1. The Balaban J connectivity index is 2.13. The lowest BCUT2D eigenvalue weighted by atomic mass is 10.1. The zero-order valence-electron chi connectivity index (χ0n) is 10.3. The molecule has 6 heteroatoms. The highest BCUT2D eigenvalue weighted by Gasteiger charge is 2.08. The fourth-order valence-corrected chi connectivity index (χ4v) is 2.38. The first kappa shape index (κ1) is 14.8. The van der Waals surface area contributed by atoms with Gasteiger partial charge in [0, 0.05) is 16.1 Å². The average Bonchev–Trinajstić information content (AvgIpc) is 2.38. The normalized spacial score (nSPS) is 10.3. The van der Waals surface area contributed by atoms with Crippen LogP contribution in [0.1, 0.15) is 11.1 Å². The Hall–Kier alpha value is -1.59. The summed E-state index contributed by atoms with van der Waals surface area (Å²) in [6, 6.07) is 9.45. The lowest BCUT2D eigenvalue weighted by molar-refractivity contribution is 0.298. The molecule has 0 spiro atoms. The largest absolute Gasteiger partial charge is 0.488 e. The van der Waals surface area contributed by atoms with E-state index in [1.54, 1.807) is 30.3 Å². The van der Waals surface area contributed by atoms with Gasteiger partial charge in [-0.25, -0.2) is 4.39 Å². The Bertz CT molecular complexity index is 664. The molecule has 0 radical (unpaired) electrons. The molecule has 3 N–H and O–H groups in total. The van der Waals surface area contributed by atoms with Gasteiger partial charge >= 0.3 is 0 Å². The second-order valence-corrected chi connectivity index (χ2v) is 5.37. The summed E-state index contributed by atoms with van der Waals surface area (Å²) in [6.45, 7) is 0.0737. The summed E-state index contributed by atoms with van der Waals surface area (Å²) < 4.78 is 20.0. The summed E-state index contributed by atoms with van der Waals surface area (Å²) in [5.41, 5.74) is 6.03. The Morgan fingerprint density at radius 3 is 2.65 bits per heavy atom. The van der Waals surface area contributed by atoms with Gasteiger partial charge in [0.25, 0.3) is 0 Å². The third-order valence-corrected chi connectivity index (χ3v) is 3.50. The van der Waals surface area contributed by atoms with E-state index in [4.69, 9.17) is 27.5 Å². The standard InChI is InChI=1S/C14H11BrClFN2O/c15-11-6-10(16)3-4-13(11)20-7-9-2-1-8(14(18)19)5-12(9)17/h1-6H,7H2,(H3,18,19). The monoisotopic (exact) mass is 356 g/mol. The van der Waals surface area contributed by atoms with E-state index >= 15 is 0 Å². The summed E-state index contributed by atoms with van der Waals surface area (Å²) in [6.07, 6.45) is 0. The highest BCUT2D eigenvalue weighted by Crippen LogP contribution is 2.28. The molecule has 0 aliphatic heterocycles. The lowest BCUT2D eigenvalue weighted by Crippen LogP contribution is -2.12. The molecule has 0 bridgehead atoms. The summed E-state index contributed by atoms with van der Waals surface area (Å²) >= 11 is 9.15. The predicted octanol–water partition coefficient (Wildman–Crippen LogP) is 4.10. The minimum absolute atomic E-state index is 0.0737. The summed E-state index contributed by atoms with van der Waals surface area (Å²) in [7, 11) is 0. The van der Waals surface area contributed by atoms with Gasteiger partial charge in [0.1, 0.15) is 24.0 Å². The zero-order chi connectivity index (χ0) is 14.7. The summed E-state index contributed by atoms with van der Waals surface area (Å²) in [5.74, 6) is -0.0518. The molecule has 20 heavy (non-hydrogen) atoms. The minimum Gasteiger partial charge on any atom is -0.488 e. The zero-order valence-corrected chi connectivity index (χ0v) is 12.6. The molecule has 0 unspecified atom stereocenters. The average molecular weight is 358 g/mol. The number of nitrogens with one attached hydrogen (secondary N) is 1. The Kier molecular flexibility index (Phi) is 4.62. The van der Waals surface area contributed by atoms with Crippen LogP contribution in [0.3, 0.4) is 0 Å². The molecule has 0 amide bonds. The van der Waals surface area contributed by atoms with Crippen molar-refractivity contribution in [2.75, 3.05) is 0 Å². The minimum atomic E-state index is -0.456. The van der Waals surface area contributed by atoms with E-state index in [1.807, 2.05) is 0 Å². The van der Waals surface area contributed by atoms with Crippen molar-refractivity contribution in [2.24, 2.45) is 5.73 Å². The topological polar surface area (TPSA) is 59.1 Å². The quantitative estimate of drug-likeness (QED) is 0.639. The van der Waals surface area contributed by atoms with Gasteiger partial charge in [-0.05, 0) is 40.2 Å². The van der Waals surface area contributed by atoms with E-state index < -0.39 is 5.82 Å². The van der Waals surface area contributed by atoms with Gasteiger partial charge in [0.15, 0.2) is 0 Å².